The summed E-state index contributed by atoms with van der Waals surface area (Å²) >= 11 is 1.58. The van der Waals surface area contributed by atoms with Crippen molar-refractivity contribution in [3.05, 3.63) is 10.6 Å². The molecule has 1 aromatic heterocycles. The zero-order valence-corrected chi connectivity index (χ0v) is 9.73. The molecule has 5 heteroatoms. The van der Waals surface area contributed by atoms with Gasteiger partial charge in [-0.25, -0.2) is 4.98 Å². The van der Waals surface area contributed by atoms with Crippen LogP contribution in [-0.2, 0) is 4.79 Å². The van der Waals surface area contributed by atoms with Crippen molar-refractivity contribution in [2.24, 2.45) is 0 Å². The van der Waals surface area contributed by atoms with Gasteiger partial charge in [0, 0.05) is 19.0 Å². The maximum absolute atomic E-state index is 11.2. The van der Waals surface area contributed by atoms with Gasteiger partial charge < -0.3 is 10.2 Å². The predicted molar refractivity (Wildman–Crippen MR) is 58.8 cm³/mol. The number of nitrogens with one attached hydrogen (secondary N) is 1. The van der Waals surface area contributed by atoms with Crippen LogP contribution in [0.3, 0.4) is 0 Å². The molecule has 1 heterocycles. The minimum atomic E-state index is 0.0514. The van der Waals surface area contributed by atoms with Crippen LogP contribution in [0.5, 0.6) is 0 Å². The fourth-order valence-corrected chi connectivity index (χ4v) is 1.67. The number of amides is 1. The molecule has 1 amide bonds. The molecule has 0 saturated carbocycles. The van der Waals surface area contributed by atoms with Crippen molar-refractivity contribution in [3.63, 3.8) is 0 Å². The predicted octanol–water partition coefficient (Wildman–Crippen LogP) is 1.26. The summed E-state index contributed by atoms with van der Waals surface area (Å²) in [5, 5.41) is 3.82. The van der Waals surface area contributed by atoms with Gasteiger partial charge in [-0.1, -0.05) is 0 Å². The second-order valence-electron chi connectivity index (χ2n) is 3.30. The van der Waals surface area contributed by atoms with Crippen LogP contribution in [0.4, 0.5) is 5.13 Å². The Morgan fingerprint density at radius 2 is 2.14 bits per heavy atom. The van der Waals surface area contributed by atoms with Crippen molar-refractivity contribution in [1.82, 2.24) is 9.88 Å². The molecule has 0 saturated heterocycles. The molecule has 0 aliphatic rings. The van der Waals surface area contributed by atoms with Gasteiger partial charge in [0.15, 0.2) is 5.13 Å². The Morgan fingerprint density at radius 3 is 2.57 bits per heavy atom. The monoisotopic (exact) mass is 213 g/mol. The number of rotatable bonds is 3. The Morgan fingerprint density at radius 1 is 1.50 bits per heavy atom. The van der Waals surface area contributed by atoms with E-state index >= 15 is 0 Å². The van der Waals surface area contributed by atoms with Gasteiger partial charge in [0.2, 0.25) is 5.91 Å². The van der Waals surface area contributed by atoms with Crippen LogP contribution < -0.4 is 5.32 Å². The largest absolute Gasteiger partial charge is 0.352 e. The Hall–Kier alpha value is -1.10. The third-order valence-electron chi connectivity index (χ3n) is 1.92. The van der Waals surface area contributed by atoms with Crippen molar-refractivity contribution < 1.29 is 4.79 Å². The van der Waals surface area contributed by atoms with Crippen LogP contribution in [0.25, 0.3) is 0 Å². The average molecular weight is 213 g/mol. The molecule has 1 rings (SSSR count). The van der Waals surface area contributed by atoms with Crippen molar-refractivity contribution in [3.8, 4) is 0 Å². The highest BCUT2D eigenvalue weighted by atomic mass is 32.1. The molecule has 0 unspecified atom stereocenters. The summed E-state index contributed by atoms with van der Waals surface area (Å²) in [7, 11) is 3.48. The summed E-state index contributed by atoms with van der Waals surface area (Å²) in [5.41, 5.74) is 1.02. The third-order valence-corrected chi connectivity index (χ3v) is 2.95. The van der Waals surface area contributed by atoms with E-state index in [2.05, 4.69) is 10.3 Å². The molecular weight excluding hydrogens is 198 g/mol. The first-order chi connectivity index (χ1) is 6.50. The first-order valence-corrected chi connectivity index (χ1v) is 5.20. The number of aryl methyl sites for hydroxylation is 2. The summed E-state index contributed by atoms with van der Waals surface area (Å²) in [5.74, 6) is 0.0514. The first kappa shape index (κ1) is 11.0. The fraction of sp³-hybridized carbons (Fsp3) is 0.556. The third kappa shape index (κ3) is 2.70. The summed E-state index contributed by atoms with van der Waals surface area (Å²) in [6, 6.07) is 0. The molecule has 1 N–H and O–H groups in total. The number of likely N-dealkylation sites (N-methyl/N-ethyl adjacent to an activating group) is 1. The van der Waals surface area contributed by atoms with E-state index in [0.717, 1.165) is 10.8 Å². The number of carbonyl (C=O) groups excluding carboxylic acids is 1. The molecule has 14 heavy (non-hydrogen) atoms. The van der Waals surface area contributed by atoms with E-state index in [1.165, 1.54) is 4.88 Å². The molecule has 78 valence electrons. The molecule has 0 aliphatic carbocycles. The number of hydrogen-bond acceptors (Lipinski definition) is 4. The molecule has 0 aliphatic heterocycles. The standard InChI is InChI=1S/C9H15N3OS/c1-6-7(2)14-9(11-6)10-5-8(13)12(3)4/h5H2,1-4H3,(H,10,11). The molecule has 0 spiro atoms. The van der Waals surface area contributed by atoms with E-state index < -0.39 is 0 Å². The fourth-order valence-electron chi connectivity index (χ4n) is 0.858. The number of anilines is 1. The van der Waals surface area contributed by atoms with Crippen molar-refractivity contribution in [1.29, 1.82) is 0 Å². The van der Waals surface area contributed by atoms with Crippen LogP contribution >= 0.6 is 11.3 Å². The van der Waals surface area contributed by atoms with E-state index in [9.17, 15) is 4.79 Å². The lowest BCUT2D eigenvalue weighted by Crippen LogP contribution is -2.28. The summed E-state index contributed by atoms with van der Waals surface area (Å²) in [6.07, 6.45) is 0. The SMILES string of the molecule is Cc1nc(NCC(=O)N(C)C)sc1C. The molecule has 4 nitrogen and oxygen atoms in total. The maximum atomic E-state index is 11.2. The minimum absolute atomic E-state index is 0.0514. The molecular formula is C9H15N3OS. The van der Waals surface area contributed by atoms with E-state index in [1.807, 2.05) is 13.8 Å². The normalized spacial score (nSPS) is 10.0. The van der Waals surface area contributed by atoms with E-state index in [-0.39, 0.29) is 5.91 Å². The number of hydrogen-bond donors (Lipinski definition) is 1. The van der Waals surface area contributed by atoms with E-state index in [4.69, 9.17) is 0 Å². The van der Waals surface area contributed by atoms with Crippen LogP contribution in [0.15, 0.2) is 0 Å². The second kappa shape index (κ2) is 4.41. The Balaban J connectivity index is 2.50. The number of aromatic nitrogens is 1. The highest BCUT2D eigenvalue weighted by Crippen LogP contribution is 2.20. The molecule has 1 aromatic rings. The number of carbonyl (C=O) groups is 1. The van der Waals surface area contributed by atoms with Crippen LogP contribution in [0, 0.1) is 13.8 Å². The van der Waals surface area contributed by atoms with Gasteiger partial charge >= 0.3 is 0 Å². The second-order valence-corrected chi connectivity index (χ2v) is 4.51. The van der Waals surface area contributed by atoms with Gasteiger partial charge in [-0.2, -0.15) is 0 Å². The van der Waals surface area contributed by atoms with Gasteiger partial charge in [-0.05, 0) is 13.8 Å². The highest BCUT2D eigenvalue weighted by Gasteiger charge is 2.06. The van der Waals surface area contributed by atoms with Crippen LogP contribution in [0.2, 0.25) is 0 Å². The molecule has 0 radical (unpaired) electrons. The van der Waals surface area contributed by atoms with Gasteiger partial charge in [-0.3, -0.25) is 4.79 Å². The van der Waals surface area contributed by atoms with Crippen LogP contribution in [0.1, 0.15) is 10.6 Å². The van der Waals surface area contributed by atoms with Crippen molar-refractivity contribution in [2.45, 2.75) is 13.8 Å². The number of nitrogens with zero attached hydrogens (tertiary/aromatic N) is 2. The quantitative estimate of drug-likeness (QED) is 0.822. The van der Waals surface area contributed by atoms with E-state index in [1.54, 1.807) is 30.3 Å². The maximum Gasteiger partial charge on any atom is 0.241 e. The zero-order chi connectivity index (χ0) is 10.7. The lowest BCUT2D eigenvalue weighted by molar-refractivity contribution is -0.126. The van der Waals surface area contributed by atoms with Crippen molar-refractivity contribution in [2.75, 3.05) is 26.0 Å². The van der Waals surface area contributed by atoms with Crippen LogP contribution in [-0.4, -0.2) is 36.4 Å². The van der Waals surface area contributed by atoms with Gasteiger partial charge in [0.25, 0.3) is 0 Å². The van der Waals surface area contributed by atoms with E-state index in [0.29, 0.717) is 6.54 Å². The molecule has 0 fully saturated rings. The lowest BCUT2D eigenvalue weighted by Gasteiger charge is -2.09. The molecule has 0 atom stereocenters. The Labute approximate surface area is 88.0 Å². The molecule has 0 aromatic carbocycles. The minimum Gasteiger partial charge on any atom is -0.352 e. The Bertz CT molecular complexity index is 313. The topological polar surface area (TPSA) is 45.2 Å². The zero-order valence-electron chi connectivity index (χ0n) is 8.92. The smallest absolute Gasteiger partial charge is 0.241 e. The Kier molecular flexibility index (Phi) is 3.46. The van der Waals surface area contributed by atoms with Gasteiger partial charge in [0.1, 0.15) is 0 Å². The van der Waals surface area contributed by atoms with Gasteiger partial charge in [-0.15, -0.1) is 11.3 Å². The average Bonchev–Trinajstić information content (AvgIpc) is 2.42. The molecule has 0 bridgehead atoms. The highest BCUT2D eigenvalue weighted by molar-refractivity contribution is 7.15. The summed E-state index contributed by atoms with van der Waals surface area (Å²) in [6.45, 7) is 4.29. The summed E-state index contributed by atoms with van der Waals surface area (Å²) < 4.78 is 0. The summed E-state index contributed by atoms with van der Waals surface area (Å²) in [4.78, 5) is 18.3. The first-order valence-electron chi connectivity index (χ1n) is 4.38. The van der Waals surface area contributed by atoms with Crippen molar-refractivity contribution >= 4 is 22.4 Å². The number of thiazole rings is 1. The lowest BCUT2D eigenvalue weighted by atomic mass is 10.4. The van der Waals surface area contributed by atoms with Gasteiger partial charge in [0.05, 0.1) is 12.2 Å².